The topological polar surface area (TPSA) is 67.2 Å². The van der Waals surface area contributed by atoms with Gasteiger partial charge in [-0.3, -0.25) is 4.79 Å². The average Bonchev–Trinajstić information content (AvgIpc) is 3.16. The number of carbonyl (C=O) groups excluding carboxylic acids is 1. The Morgan fingerprint density at radius 1 is 1.21 bits per heavy atom. The second-order valence-corrected chi connectivity index (χ2v) is 9.65. The van der Waals surface area contributed by atoms with Crippen LogP contribution in [0.3, 0.4) is 0 Å². The highest BCUT2D eigenvalue weighted by Crippen LogP contribution is 2.30. The molecule has 1 N–H and O–H groups in total. The number of hydrogen-bond acceptors (Lipinski definition) is 7. The lowest BCUT2D eigenvalue weighted by Crippen LogP contribution is -2.19. The van der Waals surface area contributed by atoms with Crippen LogP contribution in [0.4, 0.5) is 4.39 Å². The predicted octanol–water partition coefficient (Wildman–Crippen LogP) is 5.17. The van der Waals surface area contributed by atoms with Crippen molar-refractivity contribution in [2.24, 2.45) is 5.10 Å². The number of aryl methyl sites for hydroxylation is 1. The summed E-state index contributed by atoms with van der Waals surface area (Å²) < 4.78 is 15.2. The molecule has 1 aromatic heterocycles. The van der Waals surface area contributed by atoms with Gasteiger partial charge >= 0.3 is 0 Å². The van der Waals surface area contributed by atoms with Crippen molar-refractivity contribution in [3.8, 4) is 0 Å². The predicted molar refractivity (Wildman–Crippen MR) is 119 cm³/mol. The number of carbonyl (C=O) groups is 1. The summed E-state index contributed by atoms with van der Waals surface area (Å²) in [5.74, 6) is 0.102. The number of nitrogens with zero attached hydrogens (tertiary/aromatic N) is 3. The van der Waals surface area contributed by atoms with Gasteiger partial charge in [-0.05, 0) is 24.6 Å². The highest BCUT2D eigenvalue weighted by atomic mass is 35.5. The minimum absolute atomic E-state index is 0.125. The van der Waals surface area contributed by atoms with Crippen molar-refractivity contribution in [3.05, 3.63) is 70.0 Å². The molecule has 0 aliphatic rings. The van der Waals surface area contributed by atoms with E-state index in [1.165, 1.54) is 52.6 Å². The lowest BCUT2D eigenvalue weighted by molar-refractivity contribution is -0.118. The summed E-state index contributed by atoms with van der Waals surface area (Å²) in [4.78, 5) is 11.9. The van der Waals surface area contributed by atoms with Gasteiger partial charge in [-0.25, -0.2) is 9.82 Å². The molecule has 0 spiro atoms. The molecule has 1 heterocycles. The second kappa shape index (κ2) is 10.7. The highest BCUT2D eigenvalue weighted by Gasteiger charge is 2.09. The normalized spacial score (nSPS) is 11.1. The summed E-state index contributed by atoms with van der Waals surface area (Å²) in [6.45, 7) is 2.06. The summed E-state index contributed by atoms with van der Waals surface area (Å²) in [7, 11) is 0. The first-order valence-electron chi connectivity index (χ1n) is 8.42. The van der Waals surface area contributed by atoms with Crippen LogP contribution in [0.15, 0.2) is 56.2 Å². The monoisotopic (exact) mass is 466 g/mol. The molecule has 0 unspecified atom stereocenters. The van der Waals surface area contributed by atoms with Crippen LogP contribution in [0.1, 0.15) is 16.7 Å². The van der Waals surface area contributed by atoms with E-state index in [0.29, 0.717) is 4.34 Å². The Bertz CT molecular complexity index is 991. The van der Waals surface area contributed by atoms with E-state index in [2.05, 4.69) is 51.9 Å². The van der Waals surface area contributed by atoms with Gasteiger partial charge in [0.1, 0.15) is 5.82 Å². The Labute approximate surface area is 185 Å². The smallest absolute Gasteiger partial charge is 0.250 e. The molecule has 0 saturated heterocycles. The maximum Gasteiger partial charge on any atom is 0.250 e. The van der Waals surface area contributed by atoms with E-state index < -0.39 is 5.82 Å². The minimum atomic E-state index is -0.505. The molecule has 3 rings (SSSR count). The van der Waals surface area contributed by atoms with Gasteiger partial charge in [-0.15, -0.1) is 10.2 Å². The SMILES string of the molecule is Cc1ccc(CSc2nnc(SCC(=O)N/N=C/c3c(F)cccc3Cl)s2)cc1. The van der Waals surface area contributed by atoms with Crippen LogP contribution in [0.2, 0.25) is 5.02 Å². The molecule has 3 aromatic rings. The van der Waals surface area contributed by atoms with Crippen LogP contribution >= 0.6 is 46.5 Å². The van der Waals surface area contributed by atoms with Crippen LogP contribution in [0, 0.1) is 12.7 Å². The lowest BCUT2D eigenvalue weighted by Gasteiger charge is -2.00. The van der Waals surface area contributed by atoms with E-state index in [1.54, 1.807) is 17.8 Å². The van der Waals surface area contributed by atoms with Crippen molar-refractivity contribution >= 4 is 58.6 Å². The molecule has 0 radical (unpaired) electrons. The molecule has 0 saturated carbocycles. The van der Waals surface area contributed by atoms with Crippen molar-refractivity contribution in [3.63, 3.8) is 0 Å². The van der Waals surface area contributed by atoms with Crippen molar-refractivity contribution in [1.29, 1.82) is 0 Å². The molecule has 10 heteroatoms. The molecule has 5 nitrogen and oxygen atoms in total. The first kappa shape index (κ1) is 21.8. The fraction of sp³-hybridized carbons (Fsp3) is 0.158. The van der Waals surface area contributed by atoms with E-state index in [0.717, 1.165) is 10.1 Å². The summed E-state index contributed by atoms with van der Waals surface area (Å²) in [5, 5.41) is 12.2. The van der Waals surface area contributed by atoms with E-state index in [9.17, 15) is 9.18 Å². The third-order valence-electron chi connectivity index (χ3n) is 3.58. The van der Waals surface area contributed by atoms with Gasteiger partial charge in [0.05, 0.1) is 17.0 Å². The maximum atomic E-state index is 13.6. The maximum absolute atomic E-state index is 13.6. The third-order valence-corrected chi connectivity index (χ3v) is 7.17. The van der Waals surface area contributed by atoms with Gasteiger partial charge in [-0.2, -0.15) is 5.10 Å². The summed E-state index contributed by atoms with van der Waals surface area (Å²) >= 11 is 10.2. The number of benzene rings is 2. The molecule has 2 aromatic carbocycles. The molecule has 1 amide bonds. The fourth-order valence-electron chi connectivity index (χ4n) is 2.11. The Balaban J connectivity index is 1.43. The molecule has 0 fully saturated rings. The molecule has 0 atom stereocenters. The minimum Gasteiger partial charge on any atom is -0.272 e. The lowest BCUT2D eigenvalue weighted by atomic mass is 10.2. The van der Waals surface area contributed by atoms with E-state index >= 15 is 0 Å². The molecule has 150 valence electrons. The van der Waals surface area contributed by atoms with Crippen molar-refractivity contribution < 1.29 is 9.18 Å². The third kappa shape index (κ3) is 6.81. The molecular formula is C19H16ClFN4OS3. The van der Waals surface area contributed by atoms with Gasteiger partial charge in [0.2, 0.25) is 0 Å². The zero-order valence-corrected chi connectivity index (χ0v) is 18.5. The van der Waals surface area contributed by atoms with Crippen LogP contribution in [-0.4, -0.2) is 28.1 Å². The number of hydrogen-bond donors (Lipinski definition) is 1. The highest BCUT2D eigenvalue weighted by molar-refractivity contribution is 8.03. The molecule has 0 bridgehead atoms. The second-order valence-electron chi connectivity index (χ2n) is 5.83. The Hall–Kier alpha value is -1.94. The standard InChI is InChI=1S/C19H16ClFN4OS3/c1-12-5-7-13(8-6-12)10-27-18-24-25-19(29-18)28-11-17(26)23-22-9-14-15(20)3-2-4-16(14)21/h2-9H,10-11H2,1H3,(H,23,26)/b22-9+. The van der Waals surface area contributed by atoms with Crippen LogP contribution in [0.25, 0.3) is 0 Å². The van der Waals surface area contributed by atoms with Crippen molar-refractivity contribution in [2.45, 2.75) is 21.4 Å². The van der Waals surface area contributed by atoms with Gasteiger partial charge in [0.15, 0.2) is 8.68 Å². The first-order valence-corrected chi connectivity index (χ1v) is 11.6. The van der Waals surface area contributed by atoms with Gasteiger partial charge in [0.25, 0.3) is 5.91 Å². The number of rotatable bonds is 8. The van der Waals surface area contributed by atoms with Crippen LogP contribution in [-0.2, 0) is 10.5 Å². The Morgan fingerprint density at radius 2 is 1.93 bits per heavy atom. The molecular weight excluding hydrogens is 451 g/mol. The number of nitrogens with one attached hydrogen (secondary N) is 1. The molecule has 29 heavy (non-hydrogen) atoms. The zero-order chi connectivity index (χ0) is 20.6. The van der Waals surface area contributed by atoms with Gasteiger partial charge < -0.3 is 0 Å². The number of halogens is 2. The van der Waals surface area contributed by atoms with Crippen LogP contribution < -0.4 is 5.43 Å². The Kier molecular flexibility index (Phi) is 8.05. The summed E-state index contributed by atoms with van der Waals surface area (Å²) in [5.41, 5.74) is 4.93. The zero-order valence-electron chi connectivity index (χ0n) is 15.3. The Morgan fingerprint density at radius 3 is 2.66 bits per heavy atom. The van der Waals surface area contributed by atoms with Gasteiger partial charge in [0, 0.05) is 11.3 Å². The van der Waals surface area contributed by atoms with Crippen molar-refractivity contribution in [1.82, 2.24) is 15.6 Å². The quantitative estimate of drug-likeness (QED) is 0.281. The summed E-state index contributed by atoms with van der Waals surface area (Å²) in [6, 6.07) is 12.7. The number of hydrazone groups is 1. The van der Waals surface area contributed by atoms with E-state index in [1.807, 2.05) is 0 Å². The molecule has 0 aliphatic carbocycles. The van der Waals surface area contributed by atoms with Gasteiger partial charge in [-0.1, -0.05) is 82.4 Å². The van der Waals surface area contributed by atoms with Crippen molar-refractivity contribution in [2.75, 3.05) is 5.75 Å². The first-order chi connectivity index (χ1) is 14.0. The number of thioether (sulfide) groups is 2. The number of amides is 1. The largest absolute Gasteiger partial charge is 0.272 e. The van der Waals surface area contributed by atoms with E-state index in [4.69, 9.17) is 11.6 Å². The fourth-order valence-corrected chi connectivity index (χ4v) is 5.09. The average molecular weight is 467 g/mol. The van der Waals surface area contributed by atoms with E-state index in [-0.39, 0.29) is 22.2 Å². The summed E-state index contributed by atoms with van der Waals surface area (Å²) in [6.07, 6.45) is 1.19. The molecule has 0 aliphatic heterocycles. The number of aromatic nitrogens is 2. The van der Waals surface area contributed by atoms with Crippen LogP contribution in [0.5, 0.6) is 0 Å².